The first-order valence-electron chi connectivity index (χ1n) is 6.69. The summed E-state index contributed by atoms with van der Waals surface area (Å²) in [4.78, 5) is 8.85. The van der Waals surface area contributed by atoms with Gasteiger partial charge in [-0.3, -0.25) is 4.98 Å². The predicted molar refractivity (Wildman–Crippen MR) is 66.7 cm³/mol. The molecule has 0 saturated carbocycles. The molecule has 1 N–H and O–H groups in total. The van der Waals surface area contributed by atoms with Crippen LogP contribution in [0.1, 0.15) is 30.9 Å². The smallest absolute Gasteiger partial charge is 0.236 e. The minimum absolute atomic E-state index is 0.236. The fraction of sp³-hybridized carbons (Fsp3) is 0.692. The Kier molecular flexibility index (Phi) is 3.71. The van der Waals surface area contributed by atoms with Crippen molar-refractivity contribution in [3.05, 3.63) is 18.1 Å². The average Bonchev–Trinajstić information content (AvgIpc) is 2.93. The molecule has 0 unspecified atom stereocenters. The second-order valence-electron chi connectivity index (χ2n) is 4.87. The van der Waals surface area contributed by atoms with Crippen molar-refractivity contribution in [2.45, 2.75) is 31.3 Å². The van der Waals surface area contributed by atoms with Crippen LogP contribution in [0.25, 0.3) is 0 Å². The Bertz CT molecular complexity index is 388. The minimum atomic E-state index is 0.236. The van der Waals surface area contributed by atoms with Gasteiger partial charge in [0.25, 0.3) is 0 Å². The van der Waals surface area contributed by atoms with E-state index < -0.39 is 0 Å². The van der Waals surface area contributed by atoms with Crippen molar-refractivity contribution < 1.29 is 9.47 Å². The molecule has 0 radical (unpaired) electrons. The largest absolute Gasteiger partial charge is 0.472 e. The maximum absolute atomic E-state index is 5.98. The Balaban J connectivity index is 1.75. The van der Waals surface area contributed by atoms with Crippen molar-refractivity contribution in [2.24, 2.45) is 0 Å². The van der Waals surface area contributed by atoms with Crippen LogP contribution in [-0.2, 0) is 4.74 Å². The summed E-state index contributed by atoms with van der Waals surface area (Å²) in [6.07, 6.45) is 6.77. The van der Waals surface area contributed by atoms with Crippen LogP contribution in [-0.4, -0.2) is 42.4 Å². The van der Waals surface area contributed by atoms with Gasteiger partial charge in [0.2, 0.25) is 5.88 Å². The third-order valence-corrected chi connectivity index (χ3v) is 3.59. The Labute approximate surface area is 107 Å². The molecule has 0 amide bonds. The zero-order chi connectivity index (χ0) is 12.2. The van der Waals surface area contributed by atoms with Gasteiger partial charge in [-0.1, -0.05) is 0 Å². The summed E-state index contributed by atoms with van der Waals surface area (Å²) >= 11 is 0. The van der Waals surface area contributed by atoms with Crippen molar-refractivity contribution in [3.63, 3.8) is 0 Å². The van der Waals surface area contributed by atoms with Gasteiger partial charge in [-0.2, -0.15) is 0 Å². The third-order valence-electron chi connectivity index (χ3n) is 3.59. The summed E-state index contributed by atoms with van der Waals surface area (Å²) in [6, 6.07) is 0. The number of nitrogens with zero attached hydrogens (tertiary/aromatic N) is 2. The Hall–Kier alpha value is -1.20. The SMILES string of the molecule is c1cnc(C2CCOCC2)c(O[C@H]2CCNC2)n1. The van der Waals surface area contributed by atoms with E-state index in [-0.39, 0.29) is 6.10 Å². The summed E-state index contributed by atoms with van der Waals surface area (Å²) in [7, 11) is 0. The summed E-state index contributed by atoms with van der Waals surface area (Å²) < 4.78 is 11.4. The third kappa shape index (κ3) is 2.62. The molecule has 2 fully saturated rings. The second kappa shape index (κ2) is 5.63. The number of nitrogens with one attached hydrogen (secondary N) is 1. The standard InChI is InChI=1S/C13H19N3O2/c1-4-14-9-11(1)18-13-12(15-5-6-16-13)10-2-7-17-8-3-10/h5-6,10-11,14H,1-4,7-9H2/t11-/m0/s1. The van der Waals surface area contributed by atoms with Gasteiger partial charge >= 0.3 is 0 Å². The first kappa shape index (κ1) is 11.9. The van der Waals surface area contributed by atoms with E-state index >= 15 is 0 Å². The molecule has 5 heteroatoms. The fourth-order valence-corrected chi connectivity index (χ4v) is 2.56. The van der Waals surface area contributed by atoms with Gasteiger partial charge in [0.15, 0.2) is 0 Å². The number of hydrogen-bond acceptors (Lipinski definition) is 5. The monoisotopic (exact) mass is 249 g/mol. The highest BCUT2D eigenvalue weighted by Crippen LogP contribution is 2.31. The van der Waals surface area contributed by atoms with E-state index in [1.54, 1.807) is 12.4 Å². The first-order chi connectivity index (χ1) is 8.93. The minimum Gasteiger partial charge on any atom is -0.472 e. The highest BCUT2D eigenvalue weighted by Gasteiger charge is 2.24. The molecule has 2 aliphatic rings. The van der Waals surface area contributed by atoms with Gasteiger partial charge < -0.3 is 14.8 Å². The molecular formula is C13H19N3O2. The average molecular weight is 249 g/mol. The maximum atomic E-state index is 5.98. The normalized spacial score (nSPS) is 25.2. The summed E-state index contributed by atoms with van der Waals surface area (Å²) in [5.74, 6) is 1.15. The maximum Gasteiger partial charge on any atom is 0.236 e. The molecule has 18 heavy (non-hydrogen) atoms. The van der Waals surface area contributed by atoms with Crippen LogP contribution in [0, 0.1) is 0 Å². The van der Waals surface area contributed by atoms with Crippen LogP contribution in [0.15, 0.2) is 12.4 Å². The van der Waals surface area contributed by atoms with E-state index in [1.807, 2.05) is 0 Å². The number of hydrogen-bond donors (Lipinski definition) is 1. The number of rotatable bonds is 3. The van der Waals surface area contributed by atoms with E-state index in [2.05, 4.69) is 15.3 Å². The van der Waals surface area contributed by atoms with Crippen molar-refractivity contribution in [2.75, 3.05) is 26.3 Å². The summed E-state index contributed by atoms with van der Waals surface area (Å²) in [6.45, 7) is 3.55. The number of aromatic nitrogens is 2. The zero-order valence-electron chi connectivity index (χ0n) is 10.5. The van der Waals surface area contributed by atoms with Crippen LogP contribution in [0.3, 0.4) is 0 Å². The fourth-order valence-electron chi connectivity index (χ4n) is 2.56. The van der Waals surface area contributed by atoms with E-state index in [4.69, 9.17) is 9.47 Å². The quantitative estimate of drug-likeness (QED) is 0.869. The predicted octanol–water partition coefficient (Wildman–Crippen LogP) is 1.11. The lowest BCUT2D eigenvalue weighted by Gasteiger charge is -2.23. The molecule has 1 aromatic heterocycles. The second-order valence-corrected chi connectivity index (χ2v) is 4.87. The van der Waals surface area contributed by atoms with Crippen molar-refractivity contribution >= 4 is 0 Å². The van der Waals surface area contributed by atoms with E-state index in [0.717, 1.165) is 57.1 Å². The van der Waals surface area contributed by atoms with Gasteiger partial charge in [-0.05, 0) is 25.8 Å². The molecule has 5 nitrogen and oxygen atoms in total. The number of ether oxygens (including phenoxy) is 2. The lowest BCUT2D eigenvalue weighted by molar-refractivity contribution is 0.0829. The Morgan fingerprint density at radius 2 is 2.00 bits per heavy atom. The highest BCUT2D eigenvalue weighted by atomic mass is 16.5. The molecule has 2 saturated heterocycles. The topological polar surface area (TPSA) is 56.3 Å². The Morgan fingerprint density at radius 3 is 2.78 bits per heavy atom. The van der Waals surface area contributed by atoms with Gasteiger partial charge in [0.1, 0.15) is 11.8 Å². The zero-order valence-corrected chi connectivity index (χ0v) is 10.5. The summed E-state index contributed by atoms with van der Waals surface area (Å²) in [5.41, 5.74) is 1.01. The molecule has 0 aromatic carbocycles. The molecule has 1 aromatic rings. The van der Waals surface area contributed by atoms with Gasteiger partial charge in [-0.25, -0.2) is 4.98 Å². The van der Waals surface area contributed by atoms with Crippen LogP contribution < -0.4 is 10.1 Å². The highest BCUT2D eigenvalue weighted by molar-refractivity contribution is 5.22. The van der Waals surface area contributed by atoms with Crippen LogP contribution in [0.4, 0.5) is 0 Å². The van der Waals surface area contributed by atoms with Crippen molar-refractivity contribution in [1.82, 2.24) is 15.3 Å². The lowest BCUT2D eigenvalue weighted by atomic mass is 9.96. The van der Waals surface area contributed by atoms with Crippen molar-refractivity contribution in [3.8, 4) is 5.88 Å². The van der Waals surface area contributed by atoms with Crippen LogP contribution in [0.2, 0.25) is 0 Å². The molecule has 3 heterocycles. The molecule has 0 bridgehead atoms. The van der Waals surface area contributed by atoms with Gasteiger partial charge in [0, 0.05) is 38.1 Å². The summed E-state index contributed by atoms with van der Waals surface area (Å²) in [5, 5.41) is 3.30. The van der Waals surface area contributed by atoms with Gasteiger partial charge in [-0.15, -0.1) is 0 Å². The molecule has 2 aliphatic heterocycles. The van der Waals surface area contributed by atoms with Crippen LogP contribution in [0.5, 0.6) is 5.88 Å². The molecule has 1 atom stereocenters. The molecule has 0 aliphatic carbocycles. The lowest BCUT2D eigenvalue weighted by Crippen LogP contribution is -2.22. The first-order valence-corrected chi connectivity index (χ1v) is 6.69. The molecule has 0 spiro atoms. The van der Waals surface area contributed by atoms with E-state index in [1.165, 1.54) is 0 Å². The van der Waals surface area contributed by atoms with E-state index in [9.17, 15) is 0 Å². The van der Waals surface area contributed by atoms with Gasteiger partial charge in [0.05, 0.1) is 0 Å². The van der Waals surface area contributed by atoms with Crippen LogP contribution >= 0.6 is 0 Å². The molecule has 98 valence electrons. The van der Waals surface area contributed by atoms with E-state index in [0.29, 0.717) is 5.92 Å². The Morgan fingerprint density at radius 1 is 1.17 bits per heavy atom. The molecule has 3 rings (SSSR count). The molecular weight excluding hydrogens is 230 g/mol. The van der Waals surface area contributed by atoms with Crippen molar-refractivity contribution in [1.29, 1.82) is 0 Å².